The number of amides is 1. The Bertz CT molecular complexity index is 458. The lowest BCUT2D eigenvalue weighted by Gasteiger charge is -2.15. The Hall–Kier alpha value is -1.92. The number of hydrogen-bond acceptors (Lipinski definition) is 5. The van der Waals surface area contributed by atoms with Crippen molar-refractivity contribution in [2.75, 3.05) is 13.2 Å². The molecule has 1 amide bonds. The van der Waals surface area contributed by atoms with Crippen molar-refractivity contribution in [2.45, 2.75) is 53.6 Å². The van der Waals surface area contributed by atoms with Gasteiger partial charge in [-0.15, -0.1) is 0 Å². The van der Waals surface area contributed by atoms with E-state index < -0.39 is 12.1 Å². The average Bonchev–Trinajstić information content (AvgIpc) is 2.59. The lowest BCUT2D eigenvalue weighted by atomic mass is 10.1. The number of nitrogens with one attached hydrogen (secondary N) is 1. The van der Waals surface area contributed by atoms with E-state index in [1.807, 2.05) is 65.0 Å². The molecule has 0 saturated carbocycles. The molecule has 25 heavy (non-hydrogen) atoms. The fourth-order valence-corrected chi connectivity index (χ4v) is 1.78. The Morgan fingerprint density at radius 3 is 2.08 bits per heavy atom. The third-order valence-electron chi connectivity index (χ3n) is 3.16. The summed E-state index contributed by atoms with van der Waals surface area (Å²) in [5, 5.41) is 2.51. The summed E-state index contributed by atoms with van der Waals surface area (Å²) in [6.45, 7) is 11.2. The van der Waals surface area contributed by atoms with Gasteiger partial charge in [0.25, 0.3) is 0 Å². The van der Waals surface area contributed by atoms with Gasteiger partial charge >= 0.3 is 6.09 Å². The van der Waals surface area contributed by atoms with Crippen molar-refractivity contribution in [1.29, 1.82) is 0 Å². The van der Waals surface area contributed by atoms with Gasteiger partial charge in [0.05, 0.1) is 6.04 Å². The Morgan fingerprint density at radius 1 is 1.08 bits per heavy atom. The quantitative estimate of drug-likeness (QED) is 0.543. The Balaban J connectivity index is 0.000000609. The van der Waals surface area contributed by atoms with E-state index in [-0.39, 0.29) is 18.8 Å². The Morgan fingerprint density at radius 2 is 1.64 bits per heavy atom. The number of alkyl carbamates (subject to hydrolysis) is 1. The third-order valence-corrected chi connectivity index (χ3v) is 3.16. The van der Waals surface area contributed by atoms with E-state index in [4.69, 9.17) is 14.2 Å². The average molecular weight is 353 g/mol. The summed E-state index contributed by atoms with van der Waals surface area (Å²) < 4.78 is 15.1. The summed E-state index contributed by atoms with van der Waals surface area (Å²) in [5.41, 5.74) is 0.912. The van der Waals surface area contributed by atoms with Crippen LogP contribution in [0.15, 0.2) is 30.3 Å². The van der Waals surface area contributed by atoms with Gasteiger partial charge in [-0.1, -0.05) is 44.2 Å². The molecule has 1 aromatic carbocycles. The highest BCUT2D eigenvalue weighted by Gasteiger charge is 2.15. The van der Waals surface area contributed by atoms with E-state index in [1.165, 1.54) is 0 Å². The molecule has 0 fully saturated rings. The molecule has 1 aromatic rings. The van der Waals surface area contributed by atoms with Crippen LogP contribution in [-0.4, -0.2) is 37.9 Å². The number of carbonyl (C=O) groups is 2. The predicted molar refractivity (Wildman–Crippen MR) is 97.2 cm³/mol. The molecule has 0 aliphatic heterocycles. The molecule has 0 heterocycles. The number of rotatable bonds is 9. The van der Waals surface area contributed by atoms with Crippen LogP contribution in [0.25, 0.3) is 0 Å². The molecule has 0 saturated heterocycles. The second-order valence-corrected chi connectivity index (χ2v) is 5.59. The van der Waals surface area contributed by atoms with E-state index >= 15 is 0 Å². The maximum absolute atomic E-state index is 11.4. The van der Waals surface area contributed by atoms with Gasteiger partial charge in [-0.25, -0.2) is 4.79 Å². The van der Waals surface area contributed by atoms with Gasteiger partial charge in [0, 0.05) is 13.2 Å². The summed E-state index contributed by atoms with van der Waals surface area (Å²) in [6.07, 6.45) is 0.110. The molecular weight excluding hydrogens is 322 g/mol. The SMILES string of the molecule is CC(C)[C@@H](C=O)NC(=O)OCc1ccccc1.CCOC(C)OCC. The van der Waals surface area contributed by atoms with E-state index in [2.05, 4.69) is 5.32 Å². The Kier molecular flexibility index (Phi) is 13.3. The summed E-state index contributed by atoms with van der Waals surface area (Å²) >= 11 is 0. The lowest BCUT2D eigenvalue weighted by Crippen LogP contribution is -2.39. The van der Waals surface area contributed by atoms with Gasteiger partial charge in [0.1, 0.15) is 12.9 Å². The van der Waals surface area contributed by atoms with Crippen LogP contribution in [-0.2, 0) is 25.6 Å². The molecular formula is C19H31NO5. The minimum Gasteiger partial charge on any atom is -0.445 e. The van der Waals surface area contributed by atoms with Gasteiger partial charge < -0.3 is 24.3 Å². The van der Waals surface area contributed by atoms with Crippen LogP contribution < -0.4 is 5.32 Å². The monoisotopic (exact) mass is 353 g/mol. The summed E-state index contributed by atoms with van der Waals surface area (Å²) in [7, 11) is 0. The molecule has 0 aromatic heterocycles. The molecule has 1 N–H and O–H groups in total. The first-order chi connectivity index (χ1) is 11.9. The number of hydrogen-bond donors (Lipinski definition) is 1. The van der Waals surface area contributed by atoms with Gasteiger partial charge in [0.15, 0.2) is 6.29 Å². The van der Waals surface area contributed by atoms with Crippen molar-refractivity contribution in [3.63, 3.8) is 0 Å². The highest BCUT2D eigenvalue weighted by Crippen LogP contribution is 2.02. The van der Waals surface area contributed by atoms with Gasteiger partial charge in [-0.3, -0.25) is 0 Å². The molecule has 0 radical (unpaired) electrons. The molecule has 142 valence electrons. The van der Waals surface area contributed by atoms with Crippen molar-refractivity contribution < 1.29 is 23.8 Å². The molecule has 6 nitrogen and oxygen atoms in total. The van der Waals surface area contributed by atoms with E-state index in [1.54, 1.807) is 0 Å². The Labute approximate surface area is 150 Å². The molecule has 0 spiro atoms. The van der Waals surface area contributed by atoms with Crippen LogP contribution in [0.1, 0.15) is 40.2 Å². The minimum absolute atomic E-state index is 0.0370. The molecule has 1 rings (SSSR count). The molecule has 0 aliphatic carbocycles. The summed E-state index contributed by atoms with van der Waals surface area (Å²) in [5.74, 6) is 0.0526. The molecule has 0 unspecified atom stereocenters. The van der Waals surface area contributed by atoms with Crippen LogP contribution in [0.3, 0.4) is 0 Å². The van der Waals surface area contributed by atoms with Crippen molar-refractivity contribution in [3.8, 4) is 0 Å². The first-order valence-corrected chi connectivity index (χ1v) is 8.60. The van der Waals surface area contributed by atoms with E-state index in [0.717, 1.165) is 18.8 Å². The normalized spacial score (nSPS) is 11.5. The first kappa shape index (κ1) is 23.1. The van der Waals surface area contributed by atoms with E-state index in [0.29, 0.717) is 6.29 Å². The van der Waals surface area contributed by atoms with Crippen molar-refractivity contribution >= 4 is 12.4 Å². The smallest absolute Gasteiger partial charge is 0.408 e. The zero-order valence-electron chi connectivity index (χ0n) is 15.9. The molecule has 1 atom stereocenters. The summed E-state index contributed by atoms with van der Waals surface area (Å²) in [4.78, 5) is 22.1. The second-order valence-electron chi connectivity index (χ2n) is 5.59. The number of ether oxygens (including phenoxy) is 3. The van der Waals surface area contributed by atoms with E-state index in [9.17, 15) is 9.59 Å². The zero-order valence-corrected chi connectivity index (χ0v) is 15.9. The van der Waals surface area contributed by atoms with Crippen LogP contribution in [0.5, 0.6) is 0 Å². The minimum atomic E-state index is -0.570. The van der Waals surface area contributed by atoms with Crippen LogP contribution >= 0.6 is 0 Å². The highest BCUT2D eigenvalue weighted by molar-refractivity contribution is 5.73. The zero-order chi connectivity index (χ0) is 19.1. The van der Waals surface area contributed by atoms with Crippen molar-refractivity contribution in [2.24, 2.45) is 5.92 Å². The van der Waals surface area contributed by atoms with Crippen LogP contribution in [0.2, 0.25) is 0 Å². The maximum atomic E-state index is 11.4. The second kappa shape index (κ2) is 14.4. The first-order valence-electron chi connectivity index (χ1n) is 8.60. The maximum Gasteiger partial charge on any atom is 0.408 e. The topological polar surface area (TPSA) is 73.9 Å². The molecule has 0 aliphatic rings. The third kappa shape index (κ3) is 12.1. The van der Waals surface area contributed by atoms with Gasteiger partial charge in [0.2, 0.25) is 0 Å². The largest absolute Gasteiger partial charge is 0.445 e. The van der Waals surface area contributed by atoms with Crippen LogP contribution in [0.4, 0.5) is 4.79 Å². The highest BCUT2D eigenvalue weighted by atomic mass is 16.7. The summed E-state index contributed by atoms with van der Waals surface area (Å²) in [6, 6.07) is 8.88. The van der Waals surface area contributed by atoms with Crippen LogP contribution in [0, 0.1) is 5.92 Å². The predicted octanol–water partition coefficient (Wildman–Crippen LogP) is 3.54. The fourth-order valence-electron chi connectivity index (χ4n) is 1.78. The lowest BCUT2D eigenvalue weighted by molar-refractivity contribution is -0.123. The van der Waals surface area contributed by atoms with Gasteiger partial charge in [-0.05, 0) is 32.3 Å². The fraction of sp³-hybridized carbons (Fsp3) is 0.579. The van der Waals surface area contributed by atoms with Gasteiger partial charge in [-0.2, -0.15) is 0 Å². The standard InChI is InChI=1S/C13H17NO3.C6H14O2/c1-10(2)12(8-15)14-13(16)17-9-11-6-4-3-5-7-11;1-4-7-6(3)8-5-2/h3-8,10,12H,9H2,1-2H3,(H,14,16);6H,4-5H2,1-3H3/t12-;/m1./s1. The number of benzene rings is 1. The number of aldehydes is 1. The number of carbonyl (C=O) groups excluding carboxylic acids is 2. The van der Waals surface area contributed by atoms with Crippen molar-refractivity contribution in [1.82, 2.24) is 5.32 Å². The molecule has 6 heteroatoms. The molecule has 0 bridgehead atoms. The van der Waals surface area contributed by atoms with Crippen molar-refractivity contribution in [3.05, 3.63) is 35.9 Å².